The van der Waals surface area contributed by atoms with Crippen LogP contribution in [-0.4, -0.2) is 35.5 Å². The number of hydrogen-bond acceptors (Lipinski definition) is 5. The molecule has 0 spiro atoms. The van der Waals surface area contributed by atoms with E-state index in [0.717, 1.165) is 12.5 Å². The quantitative estimate of drug-likeness (QED) is 0.365. The number of thiol groups is 1. The monoisotopic (exact) mass is 211 g/mol. The maximum atomic E-state index is 5.38. The van der Waals surface area contributed by atoms with Crippen molar-refractivity contribution >= 4 is 21.4 Å². The van der Waals surface area contributed by atoms with Crippen LogP contribution in [0.4, 0.5) is 0 Å². The maximum absolute atomic E-state index is 5.38. The van der Waals surface area contributed by atoms with Crippen LogP contribution in [0.5, 0.6) is 0 Å². The van der Waals surface area contributed by atoms with Gasteiger partial charge >= 0.3 is 8.80 Å². The van der Waals surface area contributed by atoms with E-state index in [2.05, 4.69) is 12.6 Å². The molecule has 0 bridgehead atoms. The molecule has 0 fully saturated rings. The Morgan fingerprint density at radius 1 is 1.33 bits per heavy atom. The zero-order valence-corrected chi connectivity index (χ0v) is 9.47. The average Bonchev–Trinajstić information content (AvgIpc) is 2.13. The van der Waals surface area contributed by atoms with Gasteiger partial charge in [0.05, 0.1) is 5.94 Å². The molecule has 0 amide bonds. The minimum Gasteiger partial charge on any atom is -0.377 e. The SMILES string of the molecule is CO[Si](CCCN)(OC)OCS. The van der Waals surface area contributed by atoms with E-state index in [9.17, 15) is 0 Å². The lowest BCUT2D eigenvalue weighted by atomic mass is 10.5. The first-order valence-electron chi connectivity index (χ1n) is 3.80. The van der Waals surface area contributed by atoms with Crippen molar-refractivity contribution in [2.45, 2.75) is 12.5 Å². The van der Waals surface area contributed by atoms with Crippen LogP contribution in [0.25, 0.3) is 0 Å². The summed E-state index contributed by atoms with van der Waals surface area (Å²) in [6.45, 7) is 0.622. The van der Waals surface area contributed by atoms with Gasteiger partial charge in [0.1, 0.15) is 0 Å². The van der Waals surface area contributed by atoms with Crippen LogP contribution < -0.4 is 5.73 Å². The predicted octanol–water partition coefficient (Wildman–Crippen LogP) is 0.471. The van der Waals surface area contributed by atoms with Crippen molar-refractivity contribution in [1.82, 2.24) is 0 Å². The van der Waals surface area contributed by atoms with Crippen molar-refractivity contribution < 1.29 is 13.3 Å². The zero-order valence-electron chi connectivity index (χ0n) is 7.58. The van der Waals surface area contributed by atoms with Crippen molar-refractivity contribution in [2.75, 3.05) is 26.7 Å². The van der Waals surface area contributed by atoms with Crippen LogP contribution >= 0.6 is 12.6 Å². The summed E-state index contributed by atoms with van der Waals surface area (Å²) in [6.07, 6.45) is 0.849. The van der Waals surface area contributed by atoms with E-state index in [4.69, 9.17) is 19.0 Å². The first kappa shape index (κ1) is 12.4. The fourth-order valence-electron chi connectivity index (χ4n) is 0.894. The van der Waals surface area contributed by atoms with Crippen molar-refractivity contribution in [1.29, 1.82) is 0 Å². The molecule has 0 aromatic heterocycles. The van der Waals surface area contributed by atoms with Gasteiger partial charge in [-0.05, 0) is 13.0 Å². The van der Waals surface area contributed by atoms with Gasteiger partial charge < -0.3 is 19.0 Å². The molecule has 0 atom stereocenters. The lowest BCUT2D eigenvalue weighted by molar-refractivity contribution is 0.118. The number of nitrogens with two attached hydrogens (primary N) is 1. The van der Waals surface area contributed by atoms with E-state index in [1.165, 1.54) is 0 Å². The molecule has 0 unspecified atom stereocenters. The Hall–Kier alpha value is 0.407. The Balaban J connectivity index is 3.95. The Kier molecular flexibility index (Phi) is 7.11. The third kappa shape index (κ3) is 3.88. The van der Waals surface area contributed by atoms with E-state index >= 15 is 0 Å². The number of rotatable bonds is 7. The molecule has 4 nitrogen and oxygen atoms in total. The van der Waals surface area contributed by atoms with E-state index in [0.29, 0.717) is 12.5 Å². The highest BCUT2D eigenvalue weighted by atomic mass is 32.1. The minimum absolute atomic E-state index is 0.318. The lowest BCUT2D eigenvalue weighted by Gasteiger charge is -2.25. The zero-order chi connectivity index (χ0) is 9.45. The smallest absolute Gasteiger partial charge is 0.377 e. The largest absolute Gasteiger partial charge is 0.501 e. The molecule has 0 aliphatic heterocycles. The fraction of sp³-hybridized carbons (Fsp3) is 1.00. The van der Waals surface area contributed by atoms with Crippen LogP contribution in [0.1, 0.15) is 6.42 Å². The molecule has 0 rings (SSSR count). The predicted molar refractivity (Wildman–Crippen MR) is 53.2 cm³/mol. The van der Waals surface area contributed by atoms with Crippen LogP contribution in [0, 0.1) is 0 Å². The molecule has 0 aromatic rings. The summed E-state index contributed by atoms with van der Waals surface area (Å²) in [7, 11) is 0.765. The normalized spacial score (nSPS) is 12.0. The average molecular weight is 211 g/mol. The number of hydrogen-bond donors (Lipinski definition) is 2. The second-order valence-electron chi connectivity index (χ2n) is 2.26. The van der Waals surface area contributed by atoms with E-state index in [-0.39, 0.29) is 0 Å². The van der Waals surface area contributed by atoms with Crippen LogP contribution in [-0.2, 0) is 13.3 Å². The Labute approximate surface area is 80.2 Å². The standard InChI is InChI=1S/C6H17NO3SSi/c1-8-12(9-2,10-6-11)5-3-4-7/h11H,3-7H2,1-2H3. The molecule has 0 saturated carbocycles. The highest BCUT2D eigenvalue weighted by Gasteiger charge is 2.37. The summed E-state index contributed by atoms with van der Waals surface area (Å²) in [4.78, 5) is 0. The maximum Gasteiger partial charge on any atom is 0.501 e. The second-order valence-corrected chi connectivity index (χ2v) is 5.49. The van der Waals surface area contributed by atoms with Gasteiger partial charge in [-0.25, -0.2) is 0 Å². The van der Waals surface area contributed by atoms with Gasteiger partial charge in [0, 0.05) is 20.3 Å². The fourth-order valence-corrected chi connectivity index (χ4v) is 3.27. The van der Waals surface area contributed by atoms with Crippen molar-refractivity contribution in [3.05, 3.63) is 0 Å². The molecule has 12 heavy (non-hydrogen) atoms. The highest BCUT2D eigenvalue weighted by Crippen LogP contribution is 2.15. The van der Waals surface area contributed by atoms with Crippen LogP contribution in [0.2, 0.25) is 6.04 Å². The molecule has 0 aliphatic carbocycles. The topological polar surface area (TPSA) is 53.7 Å². The van der Waals surface area contributed by atoms with Gasteiger partial charge in [0.15, 0.2) is 0 Å². The molecule has 0 heterocycles. The molecule has 2 N–H and O–H groups in total. The molecule has 0 saturated heterocycles. The Morgan fingerprint density at radius 2 is 1.92 bits per heavy atom. The molecule has 0 aromatic carbocycles. The summed E-state index contributed by atoms with van der Waals surface area (Å²) in [5.74, 6) is 0.318. The third-order valence-electron chi connectivity index (χ3n) is 1.59. The second kappa shape index (κ2) is 6.87. The molecule has 0 aliphatic rings. The van der Waals surface area contributed by atoms with Crippen molar-refractivity contribution in [2.24, 2.45) is 5.73 Å². The summed E-state index contributed by atoms with van der Waals surface area (Å²) >= 11 is 3.97. The molecule has 0 radical (unpaired) electrons. The summed E-state index contributed by atoms with van der Waals surface area (Å²) in [5, 5.41) is 0. The van der Waals surface area contributed by atoms with Gasteiger partial charge in [-0.3, -0.25) is 0 Å². The van der Waals surface area contributed by atoms with Crippen molar-refractivity contribution in [3.63, 3.8) is 0 Å². The van der Waals surface area contributed by atoms with Gasteiger partial charge in [-0.1, -0.05) is 0 Å². The van der Waals surface area contributed by atoms with Crippen LogP contribution in [0.15, 0.2) is 0 Å². The van der Waals surface area contributed by atoms with Gasteiger partial charge in [0.2, 0.25) is 0 Å². The molecule has 6 heteroatoms. The third-order valence-corrected chi connectivity index (χ3v) is 4.76. The van der Waals surface area contributed by atoms with Gasteiger partial charge in [-0.2, -0.15) is 12.6 Å². The van der Waals surface area contributed by atoms with Gasteiger partial charge in [-0.15, -0.1) is 0 Å². The van der Waals surface area contributed by atoms with E-state index < -0.39 is 8.80 Å². The molecular weight excluding hydrogens is 194 g/mol. The Bertz CT molecular complexity index is 113. The Morgan fingerprint density at radius 3 is 2.25 bits per heavy atom. The van der Waals surface area contributed by atoms with Gasteiger partial charge in [0.25, 0.3) is 0 Å². The van der Waals surface area contributed by atoms with E-state index in [1.54, 1.807) is 14.2 Å². The minimum atomic E-state index is -2.42. The molecular formula is C6H17NO3SSi. The summed E-state index contributed by atoms with van der Waals surface area (Å²) in [6, 6.07) is 0.747. The lowest BCUT2D eigenvalue weighted by Crippen LogP contribution is -2.43. The summed E-state index contributed by atoms with van der Waals surface area (Å²) in [5.41, 5.74) is 5.38. The summed E-state index contributed by atoms with van der Waals surface area (Å²) < 4.78 is 15.8. The van der Waals surface area contributed by atoms with Crippen molar-refractivity contribution in [3.8, 4) is 0 Å². The first-order chi connectivity index (χ1) is 5.74. The molecule has 74 valence electrons. The van der Waals surface area contributed by atoms with E-state index in [1.807, 2.05) is 0 Å². The van der Waals surface area contributed by atoms with Crippen LogP contribution in [0.3, 0.4) is 0 Å². The highest BCUT2D eigenvalue weighted by molar-refractivity contribution is 7.80. The first-order valence-corrected chi connectivity index (χ1v) is 6.36.